The molecule has 0 saturated carbocycles. The Morgan fingerprint density at radius 1 is 1.35 bits per heavy atom. The summed E-state index contributed by atoms with van der Waals surface area (Å²) in [5.74, 6) is 0.504. The molecule has 0 atom stereocenters. The van der Waals surface area contributed by atoms with Crippen LogP contribution >= 0.6 is 0 Å². The summed E-state index contributed by atoms with van der Waals surface area (Å²) in [6.45, 7) is 3.84. The maximum atomic E-state index is 12.0. The maximum Gasteiger partial charge on any atom is 0.244 e. The zero-order chi connectivity index (χ0) is 15.0. The SMILES string of the molecule is CCC(CC)(CO)NC(=O)C=Cc1ccccc1OC. The largest absolute Gasteiger partial charge is 0.496 e. The molecule has 0 unspecified atom stereocenters. The first-order valence-corrected chi connectivity index (χ1v) is 6.85. The number of carbonyl (C=O) groups is 1. The molecule has 4 heteroatoms. The third kappa shape index (κ3) is 4.10. The summed E-state index contributed by atoms with van der Waals surface area (Å²) in [6.07, 6.45) is 4.55. The van der Waals surface area contributed by atoms with Gasteiger partial charge in [0.25, 0.3) is 0 Å². The van der Waals surface area contributed by atoms with Gasteiger partial charge in [0.1, 0.15) is 5.75 Å². The van der Waals surface area contributed by atoms with Gasteiger partial charge in [-0.1, -0.05) is 32.0 Å². The average molecular weight is 277 g/mol. The van der Waals surface area contributed by atoms with Gasteiger partial charge >= 0.3 is 0 Å². The lowest BCUT2D eigenvalue weighted by Gasteiger charge is -2.30. The minimum Gasteiger partial charge on any atom is -0.496 e. The van der Waals surface area contributed by atoms with Crippen molar-refractivity contribution < 1.29 is 14.6 Å². The Labute approximate surface area is 120 Å². The molecule has 4 nitrogen and oxygen atoms in total. The van der Waals surface area contributed by atoms with Crippen LogP contribution in [0.5, 0.6) is 5.75 Å². The monoisotopic (exact) mass is 277 g/mol. The molecule has 0 radical (unpaired) electrons. The number of rotatable bonds is 7. The fourth-order valence-corrected chi connectivity index (χ4v) is 1.96. The lowest BCUT2D eigenvalue weighted by molar-refractivity contribution is -0.119. The standard InChI is InChI=1S/C16H23NO3/c1-4-16(5-2,12-18)17-15(19)11-10-13-8-6-7-9-14(13)20-3/h6-11,18H,4-5,12H2,1-3H3,(H,17,19). The minimum absolute atomic E-state index is 0.0613. The van der Waals surface area contributed by atoms with E-state index in [9.17, 15) is 9.90 Å². The normalized spacial score (nSPS) is 11.6. The van der Waals surface area contributed by atoms with E-state index in [0.29, 0.717) is 12.8 Å². The van der Waals surface area contributed by atoms with Gasteiger partial charge in [0.2, 0.25) is 5.91 Å². The Bertz CT molecular complexity index is 456. The van der Waals surface area contributed by atoms with E-state index in [1.807, 2.05) is 38.1 Å². The summed E-state index contributed by atoms with van der Waals surface area (Å²) in [5, 5.41) is 12.3. The molecule has 0 heterocycles. The fourth-order valence-electron chi connectivity index (χ4n) is 1.96. The second kappa shape index (κ2) is 7.70. The van der Waals surface area contributed by atoms with E-state index in [2.05, 4.69) is 5.32 Å². The van der Waals surface area contributed by atoms with E-state index >= 15 is 0 Å². The first kappa shape index (κ1) is 16.2. The second-order valence-electron chi connectivity index (χ2n) is 4.71. The number of methoxy groups -OCH3 is 1. The number of ether oxygens (including phenoxy) is 1. The number of hydrogen-bond donors (Lipinski definition) is 2. The maximum absolute atomic E-state index is 12.0. The molecule has 1 aromatic rings. The quantitative estimate of drug-likeness (QED) is 0.752. The highest BCUT2D eigenvalue weighted by atomic mass is 16.5. The topological polar surface area (TPSA) is 58.6 Å². The van der Waals surface area contributed by atoms with Crippen LogP contribution in [0.25, 0.3) is 6.08 Å². The van der Waals surface area contributed by atoms with Gasteiger partial charge in [-0.3, -0.25) is 4.79 Å². The van der Waals surface area contributed by atoms with Crippen LogP contribution in [0.4, 0.5) is 0 Å². The molecule has 20 heavy (non-hydrogen) atoms. The van der Waals surface area contributed by atoms with Crippen LogP contribution in [0.15, 0.2) is 30.3 Å². The molecule has 0 bridgehead atoms. The summed E-state index contributed by atoms with van der Waals surface area (Å²) in [7, 11) is 1.59. The molecular weight excluding hydrogens is 254 g/mol. The lowest BCUT2D eigenvalue weighted by Crippen LogP contribution is -2.49. The molecule has 0 saturated heterocycles. The Morgan fingerprint density at radius 3 is 2.55 bits per heavy atom. The molecule has 1 amide bonds. The smallest absolute Gasteiger partial charge is 0.244 e. The molecule has 1 aromatic carbocycles. The minimum atomic E-state index is -0.539. The van der Waals surface area contributed by atoms with Crippen LogP contribution < -0.4 is 10.1 Å². The van der Waals surface area contributed by atoms with Crippen molar-refractivity contribution in [2.75, 3.05) is 13.7 Å². The van der Waals surface area contributed by atoms with E-state index < -0.39 is 5.54 Å². The number of carbonyl (C=O) groups excluding carboxylic acids is 1. The molecule has 0 spiro atoms. The summed E-state index contributed by atoms with van der Waals surface area (Å²) in [4.78, 5) is 12.0. The molecule has 110 valence electrons. The van der Waals surface area contributed by atoms with Crippen LogP contribution in [0.3, 0.4) is 0 Å². The molecular formula is C16H23NO3. The summed E-state index contributed by atoms with van der Waals surface area (Å²) < 4.78 is 5.22. The lowest BCUT2D eigenvalue weighted by atomic mass is 9.94. The van der Waals surface area contributed by atoms with E-state index in [1.54, 1.807) is 13.2 Å². The highest BCUT2D eigenvalue weighted by Gasteiger charge is 2.26. The third-order valence-electron chi connectivity index (χ3n) is 3.60. The van der Waals surface area contributed by atoms with E-state index in [4.69, 9.17) is 4.74 Å². The van der Waals surface area contributed by atoms with Gasteiger partial charge in [0.15, 0.2) is 0 Å². The molecule has 0 aliphatic carbocycles. The predicted molar refractivity (Wildman–Crippen MR) is 80.6 cm³/mol. The van der Waals surface area contributed by atoms with Gasteiger partial charge in [-0.15, -0.1) is 0 Å². The van der Waals surface area contributed by atoms with Crippen molar-refractivity contribution in [2.24, 2.45) is 0 Å². The number of aliphatic hydroxyl groups excluding tert-OH is 1. The van der Waals surface area contributed by atoms with E-state index in [-0.39, 0.29) is 12.5 Å². The van der Waals surface area contributed by atoms with Crippen molar-refractivity contribution in [1.82, 2.24) is 5.32 Å². The number of hydrogen-bond acceptors (Lipinski definition) is 3. The van der Waals surface area contributed by atoms with Gasteiger partial charge in [-0.2, -0.15) is 0 Å². The Kier molecular flexibility index (Phi) is 6.25. The molecule has 1 rings (SSSR count). The number of aliphatic hydroxyl groups is 1. The summed E-state index contributed by atoms with van der Waals surface area (Å²) >= 11 is 0. The fraction of sp³-hybridized carbons (Fsp3) is 0.438. The molecule has 0 aromatic heterocycles. The Balaban J connectivity index is 2.77. The van der Waals surface area contributed by atoms with E-state index in [1.165, 1.54) is 6.08 Å². The highest BCUT2D eigenvalue weighted by Crippen LogP contribution is 2.19. The van der Waals surface area contributed by atoms with Crippen LogP contribution in [-0.4, -0.2) is 30.3 Å². The predicted octanol–water partition coefficient (Wildman–Crippen LogP) is 2.38. The van der Waals surface area contributed by atoms with Crippen molar-refractivity contribution >= 4 is 12.0 Å². The molecule has 0 fully saturated rings. The molecule has 2 N–H and O–H groups in total. The van der Waals surface area contributed by atoms with Crippen molar-refractivity contribution in [3.63, 3.8) is 0 Å². The number of amides is 1. The Morgan fingerprint density at radius 2 is 2.00 bits per heavy atom. The van der Waals surface area contributed by atoms with Crippen molar-refractivity contribution in [3.05, 3.63) is 35.9 Å². The first-order chi connectivity index (χ1) is 9.60. The van der Waals surface area contributed by atoms with Crippen molar-refractivity contribution in [1.29, 1.82) is 0 Å². The summed E-state index contributed by atoms with van der Waals surface area (Å²) in [5.41, 5.74) is 0.301. The molecule has 0 aliphatic rings. The van der Waals surface area contributed by atoms with Gasteiger partial charge in [-0.25, -0.2) is 0 Å². The van der Waals surface area contributed by atoms with Crippen molar-refractivity contribution in [2.45, 2.75) is 32.2 Å². The zero-order valence-corrected chi connectivity index (χ0v) is 12.3. The molecule has 0 aliphatic heterocycles. The zero-order valence-electron chi connectivity index (χ0n) is 12.3. The Hall–Kier alpha value is -1.81. The number of nitrogens with one attached hydrogen (secondary N) is 1. The number of benzene rings is 1. The average Bonchev–Trinajstić information content (AvgIpc) is 2.51. The first-order valence-electron chi connectivity index (χ1n) is 6.85. The van der Waals surface area contributed by atoms with Gasteiger partial charge in [0.05, 0.1) is 19.3 Å². The highest BCUT2D eigenvalue weighted by molar-refractivity contribution is 5.92. The summed E-state index contributed by atoms with van der Waals surface area (Å²) in [6, 6.07) is 7.48. The van der Waals surface area contributed by atoms with Gasteiger partial charge in [-0.05, 0) is 25.0 Å². The van der Waals surface area contributed by atoms with E-state index in [0.717, 1.165) is 11.3 Å². The number of para-hydroxylation sites is 1. The van der Waals surface area contributed by atoms with Crippen LogP contribution in [0.2, 0.25) is 0 Å². The van der Waals surface area contributed by atoms with Crippen LogP contribution in [0, 0.1) is 0 Å². The third-order valence-corrected chi connectivity index (χ3v) is 3.60. The van der Waals surface area contributed by atoms with Crippen molar-refractivity contribution in [3.8, 4) is 5.75 Å². The van der Waals surface area contributed by atoms with Gasteiger partial charge in [0, 0.05) is 11.6 Å². The van der Waals surface area contributed by atoms with Crippen LogP contribution in [-0.2, 0) is 4.79 Å². The van der Waals surface area contributed by atoms with Crippen LogP contribution in [0.1, 0.15) is 32.3 Å². The van der Waals surface area contributed by atoms with Gasteiger partial charge < -0.3 is 15.2 Å². The second-order valence-corrected chi connectivity index (χ2v) is 4.71.